The zero-order valence-corrected chi connectivity index (χ0v) is 17.5. The Kier molecular flexibility index (Phi) is 5.90. The molecule has 0 saturated heterocycles. The Balaban J connectivity index is 1.57. The molecule has 0 bridgehead atoms. The second-order valence-corrected chi connectivity index (χ2v) is 8.15. The lowest BCUT2D eigenvalue weighted by molar-refractivity contribution is -0.133. The normalized spacial score (nSPS) is 15.6. The minimum absolute atomic E-state index is 0.155. The highest BCUT2D eigenvalue weighted by molar-refractivity contribution is 7.10. The molecule has 1 atom stereocenters. The van der Waals surface area contributed by atoms with Crippen LogP contribution in [-0.4, -0.2) is 41.0 Å². The van der Waals surface area contributed by atoms with Gasteiger partial charge >= 0.3 is 0 Å². The summed E-state index contributed by atoms with van der Waals surface area (Å²) < 4.78 is 27.8. The molecule has 2 amide bonds. The summed E-state index contributed by atoms with van der Waals surface area (Å²) in [4.78, 5) is 27.8. The van der Waals surface area contributed by atoms with Gasteiger partial charge in [-0.1, -0.05) is 30.3 Å². The molecule has 2 heterocycles. The van der Waals surface area contributed by atoms with Gasteiger partial charge in [0.1, 0.15) is 18.2 Å². The maximum atomic E-state index is 14.3. The minimum atomic E-state index is -0.526. The van der Waals surface area contributed by atoms with Crippen molar-refractivity contribution in [3.63, 3.8) is 0 Å². The fraction of sp³-hybridized carbons (Fsp3) is 0.174. The topological polar surface area (TPSA) is 53.0 Å². The SMILES string of the molecule is CN(CC(=O)N1N=C(c2ccccc2F)C[C@H]1c1cccs1)C(=O)c1cccc(F)c1. The fourth-order valence-corrected chi connectivity index (χ4v) is 4.30. The third-order valence-electron chi connectivity index (χ3n) is 5.01. The lowest BCUT2D eigenvalue weighted by Gasteiger charge is -2.24. The van der Waals surface area contributed by atoms with Gasteiger partial charge in [0.25, 0.3) is 11.8 Å². The van der Waals surface area contributed by atoms with Crippen molar-refractivity contribution in [2.24, 2.45) is 5.10 Å². The molecule has 0 saturated carbocycles. The Morgan fingerprint density at radius 3 is 2.65 bits per heavy atom. The average Bonchev–Trinajstić information content (AvgIpc) is 3.43. The summed E-state index contributed by atoms with van der Waals surface area (Å²) in [5, 5.41) is 7.65. The standard InChI is InChI=1S/C23H19F2N3O2S/c1-27(23(30)15-6-4-7-16(24)12-15)14-22(29)28-20(21-10-5-11-31-21)13-19(26-28)17-8-2-3-9-18(17)25/h2-12,20H,13-14H2,1H3/t20-/m0/s1. The van der Waals surface area contributed by atoms with Crippen LogP contribution in [0.4, 0.5) is 8.78 Å². The molecule has 0 spiro atoms. The number of carbonyl (C=O) groups excluding carboxylic acids is 2. The van der Waals surface area contributed by atoms with Gasteiger partial charge in [-0.2, -0.15) is 5.10 Å². The average molecular weight is 439 g/mol. The van der Waals surface area contributed by atoms with E-state index in [9.17, 15) is 18.4 Å². The van der Waals surface area contributed by atoms with Gasteiger partial charge in [-0.3, -0.25) is 9.59 Å². The lowest BCUT2D eigenvalue weighted by atomic mass is 10.0. The zero-order valence-electron chi connectivity index (χ0n) is 16.7. The summed E-state index contributed by atoms with van der Waals surface area (Å²) in [6, 6.07) is 15.0. The number of carbonyl (C=O) groups is 2. The Morgan fingerprint density at radius 2 is 1.94 bits per heavy atom. The van der Waals surface area contributed by atoms with E-state index in [1.165, 1.54) is 52.6 Å². The number of rotatable bonds is 5. The van der Waals surface area contributed by atoms with E-state index < -0.39 is 23.4 Å². The maximum absolute atomic E-state index is 14.3. The van der Waals surface area contributed by atoms with Crippen molar-refractivity contribution in [2.45, 2.75) is 12.5 Å². The van der Waals surface area contributed by atoms with E-state index in [1.54, 1.807) is 18.2 Å². The molecule has 1 aromatic heterocycles. The second kappa shape index (κ2) is 8.77. The van der Waals surface area contributed by atoms with Crippen molar-refractivity contribution >= 4 is 28.9 Å². The highest BCUT2D eigenvalue weighted by Crippen LogP contribution is 2.35. The van der Waals surface area contributed by atoms with Crippen molar-refractivity contribution in [1.82, 2.24) is 9.91 Å². The molecule has 1 aliphatic heterocycles. The van der Waals surface area contributed by atoms with Crippen molar-refractivity contribution in [1.29, 1.82) is 0 Å². The van der Waals surface area contributed by atoms with Gasteiger partial charge in [0.05, 0.1) is 11.8 Å². The van der Waals surface area contributed by atoms with Crippen LogP contribution >= 0.6 is 11.3 Å². The van der Waals surface area contributed by atoms with Gasteiger partial charge < -0.3 is 4.90 Å². The van der Waals surface area contributed by atoms with Crippen LogP contribution in [0.1, 0.15) is 33.3 Å². The number of likely N-dealkylation sites (N-methyl/N-ethyl adjacent to an activating group) is 1. The Labute approximate surface area is 182 Å². The molecule has 5 nitrogen and oxygen atoms in total. The largest absolute Gasteiger partial charge is 0.332 e. The maximum Gasteiger partial charge on any atom is 0.262 e. The summed E-state index contributed by atoms with van der Waals surface area (Å²) in [5.74, 6) is -1.81. The summed E-state index contributed by atoms with van der Waals surface area (Å²) >= 11 is 1.48. The first-order valence-electron chi connectivity index (χ1n) is 9.63. The molecule has 2 aromatic carbocycles. The van der Waals surface area contributed by atoms with Crippen LogP contribution in [0.15, 0.2) is 71.1 Å². The number of halogens is 2. The number of amides is 2. The molecular weight excluding hydrogens is 420 g/mol. The molecule has 0 fully saturated rings. The third kappa shape index (κ3) is 4.39. The molecule has 0 unspecified atom stereocenters. The molecule has 158 valence electrons. The van der Waals surface area contributed by atoms with Gasteiger partial charge in [0, 0.05) is 29.5 Å². The van der Waals surface area contributed by atoms with Crippen LogP contribution in [0.3, 0.4) is 0 Å². The molecule has 0 radical (unpaired) electrons. The second-order valence-electron chi connectivity index (χ2n) is 7.17. The molecule has 3 aromatic rings. The zero-order chi connectivity index (χ0) is 22.0. The molecule has 8 heteroatoms. The summed E-state index contributed by atoms with van der Waals surface area (Å²) in [6.07, 6.45) is 0.370. The van der Waals surface area contributed by atoms with Crippen LogP contribution in [-0.2, 0) is 4.79 Å². The van der Waals surface area contributed by atoms with E-state index in [0.29, 0.717) is 17.7 Å². The summed E-state index contributed by atoms with van der Waals surface area (Å²) in [5.41, 5.74) is 0.981. The van der Waals surface area contributed by atoms with E-state index in [-0.39, 0.29) is 18.2 Å². The first kappa shape index (κ1) is 20.9. The molecule has 4 rings (SSSR count). The number of nitrogens with zero attached hydrogens (tertiary/aromatic N) is 3. The van der Waals surface area contributed by atoms with Gasteiger partial charge in [0.2, 0.25) is 0 Å². The summed E-state index contributed by atoms with van der Waals surface area (Å²) in [6.45, 7) is -0.245. The number of hydrogen-bond donors (Lipinski definition) is 0. The van der Waals surface area contributed by atoms with Gasteiger partial charge in [0.15, 0.2) is 0 Å². The monoisotopic (exact) mass is 439 g/mol. The van der Waals surface area contributed by atoms with Gasteiger partial charge in [-0.25, -0.2) is 13.8 Å². The van der Waals surface area contributed by atoms with Crippen LogP contribution in [0, 0.1) is 11.6 Å². The van der Waals surface area contributed by atoms with Crippen molar-refractivity contribution in [2.75, 3.05) is 13.6 Å². The first-order valence-corrected chi connectivity index (χ1v) is 10.5. The third-order valence-corrected chi connectivity index (χ3v) is 5.99. The van der Waals surface area contributed by atoms with Crippen LogP contribution in [0.2, 0.25) is 0 Å². The quantitative estimate of drug-likeness (QED) is 0.589. The molecular formula is C23H19F2N3O2S. The molecule has 0 aliphatic carbocycles. The van der Waals surface area contributed by atoms with Crippen LogP contribution in [0.5, 0.6) is 0 Å². The molecule has 0 N–H and O–H groups in total. The van der Waals surface area contributed by atoms with Gasteiger partial charge in [-0.15, -0.1) is 11.3 Å². The first-order chi connectivity index (χ1) is 14.9. The minimum Gasteiger partial charge on any atom is -0.332 e. The smallest absolute Gasteiger partial charge is 0.262 e. The lowest BCUT2D eigenvalue weighted by Crippen LogP contribution is -2.39. The van der Waals surface area contributed by atoms with Gasteiger partial charge in [-0.05, 0) is 35.7 Å². The van der Waals surface area contributed by atoms with E-state index in [1.807, 2.05) is 17.5 Å². The highest BCUT2D eigenvalue weighted by Gasteiger charge is 2.35. The molecule has 31 heavy (non-hydrogen) atoms. The predicted octanol–water partition coefficient (Wildman–Crippen LogP) is 4.48. The van der Waals surface area contributed by atoms with Crippen LogP contribution < -0.4 is 0 Å². The van der Waals surface area contributed by atoms with Crippen LogP contribution in [0.25, 0.3) is 0 Å². The predicted molar refractivity (Wildman–Crippen MR) is 115 cm³/mol. The van der Waals surface area contributed by atoms with E-state index in [0.717, 1.165) is 10.9 Å². The highest BCUT2D eigenvalue weighted by atomic mass is 32.1. The number of hydrazone groups is 1. The van der Waals surface area contributed by atoms with E-state index >= 15 is 0 Å². The Bertz CT molecular complexity index is 1150. The number of thiophene rings is 1. The molecule has 1 aliphatic rings. The van der Waals surface area contributed by atoms with E-state index in [4.69, 9.17) is 0 Å². The van der Waals surface area contributed by atoms with Crippen molar-refractivity contribution < 1.29 is 18.4 Å². The fourth-order valence-electron chi connectivity index (χ4n) is 3.49. The van der Waals surface area contributed by atoms with E-state index in [2.05, 4.69) is 5.10 Å². The Hall–Kier alpha value is -3.39. The number of benzene rings is 2. The number of hydrogen-bond acceptors (Lipinski definition) is 4. The van der Waals surface area contributed by atoms with Crippen molar-refractivity contribution in [3.8, 4) is 0 Å². The Morgan fingerprint density at radius 1 is 1.13 bits per heavy atom. The summed E-state index contributed by atoms with van der Waals surface area (Å²) in [7, 11) is 1.48. The van der Waals surface area contributed by atoms with Crippen molar-refractivity contribution in [3.05, 3.63) is 93.7 Å².